The Labute approximate surface area is 142 Å². The SMILES string of the molecule is O=C(Nc1nc(-c2ccccc2)ns1)N[C@H]1CCc2ncnn2C1. The number of benzene rings is 1. The summed E-state index contributed by atoms with van der Waals surface area (Å²) in [5.41, 5.74) is 0.924. The van der Waals surface area contributed by atoms with Gasteiger partial charge in [0, 0.05) is 23.5 Å². The van der Waals surface area contributed by atoms with E-state index in [1.165, 1.54) is 0 Å². The Morgan fingerprint density at radius 3 is 3.04 bits per heavy atom. The Kier molecular flexibility index (Phi) is 3.91. The molecule has 1 aliphatic heterocycles. The smallest absolute Gasteiger partial charge is 0.321 e. The number of hydrogen-bond donors (Lipinski definition) is 2. The van der Waals surface area contributed by atoms with Gasteiger partial charge in [-0.1, -0.05) is 30.3 Å². The first-order valence-electron chi connectivity index (χ1n) is 7.61. The van der Waals surface area contributed by atoms with Crippen molar-refractivity contribution >= 4 is 22.7 Å². The third-order valence-corrected chi connectivity index (χ3v) is 4.45. The number of carbonyl (C=O) groups is 1. The molecule has 122 valence electrons. The molecule has 0 radical (unpaired) electrons. The number of nitrogens with one attached hydrogen (secondary N) is 2. The first-order valence-corrected chi connectivity index (χ1v) is 8.38. The van der Waals surface area contributed by atoms with Gasteiger partial charge in [0.25, 0.3) is 0 Å². The zero-order valence-electron chi connectivity index (χ0n) is 12.7. The van der Waals surface area contributed by atoms with E-state index in [4.69, 9.17) is 0 Å². The van der Waals surface area contributed by atoms with Gasteiger partial charge in [-0.05, 0) is 6.42 Å². The summed E-state index contributed by atoms with van der Waals surface area (Å²) >= 11 is 1.16. The van der Waals surface area contributed by atoms with Crippen molar-refractivity contribution in [3.8, 4) is 11.4 Å². The van der Waals surface area contributed by atoms with Crippen molar-refractivity contribution in [3.05, 3.63) is 42.5 Å². The number of urea groups is 1. The predicted molar refractivity (Wildman–Crippen MR) is 89.6 cm³/mol. The van der Waals surface area contributed by atoms with Crippen molar-refractivity contribution < 1.29 is 4.79 Å². The highest BCUT2D eigenvalue weighted by Crippen LogP contribution is 2.20. The number of fused-ring (bicyclic) bond motifs is 1. The van der Waals surface area contributed by atoms with E-state index in [-0.39, 0.29) is 12.1 Å². The second kappa shape index (κ2) is 6.36. The molecular formula is C15H15N7OS. The van der Waals surface area contributed by atoms with E-state index < -0.39 is 0 Å². The zero-order chi connectivity index (χ0) is 16.4. The van der Waals surface area contributed by atoms with Gasteiger partial charge in [-0.3, -0.25) is 5.32 Å². The van der Waals surface area contributed by atoms with Crippen LogP contribution in [0.1, 0.15) is 12.2 Å². The van der Waals surface area contributed by atoms with Gasteiger partial charge in [0.05, 0.1) is 12.6 Å². The van der Waals surface area contributed by atoms with E-state index >= 15 is 0 Å². The fraction of sp³-hybridized carbons (Fsp3) is 0.267. The highest BCUT2D eigenvalue weighted by atomic mass is 32.1. The lowest BCUT2D eigenvalue weighted by atomic mass is 10.1. The maximum absolute atomic E-state index is 12.1. The topological polar surface area (TPSA) is 97.6 Å². The Hall–Kier alpha value is -2.81. The number of carbonyl (C=O) groups excluding carboxylic acids is 1. The molecule has 9 heteroatoms. The van der Waals surface area contributed by atoms with Crippen LogP contribution in [-0.4, -0.2) is 36.2 Å². The van der Waals surface area contributed by atoms with Crippen molar-refractivity contribution in [1.29, 1.82) is 0 Å². The Morgan fingerprint density at radius 2 is 2.17 bits per heavy atom. The summed E-state index contributed by atoms with van der Waals surface area (Å²) in [5, 5.41) is 10.3. The molecule has 1 aliphatic rings. The first kappa shape index (κ1) is 14.8. The molecule has 2 N–H and O–H groups in total. The fourth-order valence-electron chi connectivity index (χ4n) is 2.65. The molecule has 8 nitrogen and oxygen atoms in total. The van der Waals surface area contributed by atoms with E-state index in [9.17, 15) is 4.79 Å². The molecule has 0 saturated carbocycles. The minimum Gasteiger partial charge on any atom is -0.333 e. The average molecular weight is 341 g/mol. The maximum atomic E-state index is 12.1. The summed E-state index contributed by atoms with van der Waals surface area (Å²) in [5.74, 6) is 1.57. The van der Waals surface area contributed by atoms with E-state index in [2.05, 4.69) is 30.1 Å². The van der Waals surface area contributed by atoms with Gasteiger partial charge in [-0.2, -0.15) is 14.5 Å². The van der Waals surface area contributed by atoms with Gasteiger partial charge >= 0.3 is 6.03 Å². The third-order valence-electron chi connectivity index (χ3n) is 3.82. The van der Waals surface area contributed by atoms with Crippen LogP contribution in [0.15, 0.2) is 36.7 Å². The van der Waals surface area contributed by atoms with E-state index in [0.717, 1.165) is 35.8 Å². The minimum absolute atomic E-state index is 0.0284. The van der Waals surface area contributed by atoms with Crippen LogP contribution in [0.2, 0.25) is 0 Å². The normalized spacial score (nSPS) is 16.4. The molecule has 0 fully saturated rings. The highest BCUT2D eigenvalue weighted by molar-refractivity contribution is 7.10. The van der Waals surface area contributed by atoms with Crippen LogP contribution < -0.4 is 10.6 Å². The lowest BCUT2D eigenvalue weighted by Gasteiger charge is -2.23. The molecule has 0 spiro atoms. The Balaban J connectivity index is 1.36. The molecule has 3 aromatic rings. The fourth-order valence-corrected chi connectivity index (χ4v) is 3.24. The first-order chi connectivity index (χ1) is 11.8. The lowest BCUT2D eigenvalue weighted by molar-refractivity contribution is 0.243. The van der Waals surface area contributed by atoms with Crippen LogP contribution in [0.3, 0.4) is 0 Å². The molecule has 0 bridgehead atoms. The van der Waals surface area contributed by atoms with Gasteiger partial charge < -0.3 is 5.32 Å². The number of nitrogens with zero attached hydrogens (tertiary/aromatic N) is 5. The summed E-state index contributed by atoms with van der Waals surface area (Å²) < 4.78 is 6.10. The highest BCUT2D eigenvalue weighted by Gasteiger charge is 2.21. The molecule has 1 aromatic carbocycles. The van der Waals surface area contributed by atoms with Crippen molar-refractivity contribution in [2.45, 2.75) is 25.4 Å². The molecule has 0 saturated heterocycles. The monoisotopic (exact) mass is 341 g/mol. The molecule has 2 aromatic heterocycles. The second-order valence-corrected chi connectivity index (χ2v) is 6.23. The number of hydrogen-bond acceptors (Lipinski definition) is 6. The number of aryl methyl sites for hydroxylation is 1. The second-order valence-electron chi connectivity index (χ2n) is 5.48. The molecule has 4 rings (SSSR count). The molecule has 24 heavy (non-hydrogen) atoms. The van der Waals surface area contributed by atoms with Crippen LogP contribution in [-0.2, 0) is 13.0 Å². The average Bonchev–Trinajstić information content (AvgIpc) is 3.24. The number of anilines is 1. The van der Waals surface area contributed by atoms with Gasteiger partial charge in [0.1, 0.15) is 12.2 Å². The molecule has 2 amide bonds. The zero-order valence-corrected chi connectivity index (χ0v) is 13.5. The summed E-state index contributed by atoms with van der Waals surface area (Å²) in [7, 11) is 0. The number of rotatable bonds is 3. The molecular weight excluding hydrogens is 326 g/mol. The van der Waals surface area contributed by atoms with Crippen LogP contribution >= 0.6 is 11.5 Å². The largest absolute Gasteiger partial charge is 0.333 e. The quantitative estimate of drug-likeness (QED) is 0.759. The minimum atomic E-state index is -0.278. The van der Waals surface area contributed by atoms with Crippen LogP contribution in [0.5, 0.6) is 0 Å². The summed E-state index contributed by atoms with van der Waals surface area (Å²) in [6, 6.07) is 9.41. The summed E-state index contributed by atoms with van der Waals surface area (Å²) in [4.78, 5) is 20.7. The number of amides is 2. The van der Waals surface area contributed by atoms with E-state index in [0.29, 0.717) is 17.5 Å². The summed E-state index contributed by atoms with van der Waals surface area (Å²) in [6.45, 7) is 0.633. The third kappa shape index (κ3) is 3.11. The van der Waals surface area contributed by atoms with Gasteiger partial charge in [-0.25, -0.2) is 14.5 Å². The summed E-state index contributed by atoms with van der Waals surface area (Å²) in [6.07, 6.45) is 3.20. The van der Waals surface area contributed by atoms with Crippen molar-refractivity contribution in [3.63, 3.8) is 0 Å². The van der Waals surface area contributed by atoms with Gasteiger partial charge in [0.15, 0.2) is 5.82 Å². The van der Waals surface area contributed by atoms with Crippen molar-refractivity contribution in [1.82, 2.24) is 29.4 Å². The predicted octanol–water partition coefficient (Wildman–Crippen LogP) is 1.93. The van der Waals surface area contributed by atoms with Crippen LogP contribution in [0.25, 0.3) is 11.4 Å². The molecule has 0 aliphatic carbocycles. The molecule has 3 heterocycles. The maximum Gasteiger partial charge on any atom is 0.321 e. The Morgan fingerprint density at radius 1 is 1.29 bits per heavy atom. The van der Waals surface area contributed by atoms with Crippen molar-refractivity contribution in [2.24, 2.45) is 0 Å². The van der Waals surface area contributed by atoms with Crippen LogP contribution in [0.4, 0.5) is 9.93 Å². The van der Waals surface area contributed by atoms with E-state index in [1.807, 2.05) is 35.0 Å². The molecule has 0 unspecified atom stereocenters. The standard InChI is InChI=1S/C15H15N7OS/c23-14(18-11-6-7-12-16-9-17-22(12)8-11)20-15-19-13(21-24-15)10-4-2-1-3-5-10/h1-5,9,11H,6-8H2,(H2,18,19,20,21,23)/t11-/m0/s1. The van der Waals surface area contributed by atoms with Gasteiger partial charge in [-0.15, -0.1) is 0 Å². The number of aromatic nitrogens is 5. The molecule has 1 atom stereocenters. The van der Waals surface area contributed by atoms with Crippen molar-refractivity contribution in [2.75, 3.05) is 5.32 Å². The Bertz CT molecular complexity index is 844. The van der Waals surface area contributed by atoms with Crippen LogP contribution in [0, 0.1) is 0 Å². The lowest BCUT2D eigenvalue weighted by Crippen LogP contribution is -2.43. The van der Waals surface area contributed by atoms with Gasteiger partial charge in [0.2, 0.25) is 5.13 Å². The van der Waals surface area contributed by atoms with E-state index in [1.54, 1.807) is 6.33 Å².